The molecule has 0 unspecified atom stereocenters. The Bertz CT molecular complexity index is 616. The number of hydrogen-bond acceptors (Lipinski definition) is 3. The highest BCUT2D eigenvalue weighted by Crippen LogP contribution is 2.24. The topological polar surface area (TPSA) is 41.6 Å². The largest absolute Gasteiger partial charge is 0.444 e. The smallest absolute Gasteiger partial charge is 0.412 e. The molecule has 2 aromatic rings. The van der Waals surface area contributed by atoms with Crippen LogP contribution < -0.4 is 10.2 Å². The van der Waals surface area contributed by atoms with E-state index in [1.165, 1.54) is 0 Å². The monoisotopic (exact) mass is 298 g/mol. The van der Waals surface area contributed by atoms with E-state index >= 15 is 0 Å². The maximum Gasteiger partial charge on any atom is 0.412 e. The van der Waals surface area contributed by atoms with E-state index in [1.807, 2.05) is 82.4 Å². The fourth-order valence-corrected chi connectivity index (χ4v) is 1.99. The lowest BCUT2D eigenvalue weighted by molar-refractivity contribution is 0.0636. The first-order valence-electron chi connectivity index (χ1n) is 7.24. The minimum absolute atomic E-state index is 0.448. The Morgan fingerprint density at radius 3 is 2.05 bits per heavy atom. The number of para-hydroxylation sites is 1. The highest BCUT2D eigenvalue weighted by molar-refractivity contribution is 5.85. The second-order valence-corrected chi connectivity index (χ2v) is 6.07. The molecule has 0 aliphatic heterocycles. The lowest BCUT2D eigenvalue weighted by Crippen LogP contribution is -2.27. The number of carbonyl (C=O) groups is 1. The molecule has 0 radical (unpaired) electrons. The molecule has 0 aromatic heterocycles. The van der Waals surface area contributed by atoms with Crippen molar-refractivity contribution in [1.29, 1.82) is 0 Å². The minimum Gasteiger partial charge on any atom is -0.444 e. The number of amides is 1. The number of benzene rings is 2. The second-order valence-electron chi connectivity index (χ2n) is 6.07. The Balaban J connectivity index is 2.03. The average molecular weight is 298 g/mol. The summed E-state index contributed by atoms with van der Waals surface area (Å²) in [5, 5.41) is 2.72. The highest BCUT2D eigenvalue weighted by Gasteiger charge is 2.16. The van der Waals surface area contributed by atoms with Crippen LogP contribution in [-0.4, -0.2) is 18.7 Å². The Kier molecular flexibility index (Phi) is 4.71. The van der Waals surface area contributed by atoms with Gasteiger partial charge in [0.25, 0.3) is 0 Å². The van der Waals surface area contributed by atoms with Crippen molar-refractivity contribution < 1.29 is 9.53 Å². The van der Waals surface area contributed by atoms with E-state index in [4.69, 9.17) is 4.74 Å². The van der Waals surface area contributed by atoms with E-state index in [0.29, 0.717) is 5.69 Å². The molecular formula is C18H22N2O2. The van der Waals surface area contributed by atoms with Crippen LogP contribution in [0.5, 0.6) is 0 Å². The van der Waals surface area contributed by atoms with Gasteiger partial charge in [0, 0.05) is 24.1 Å². The van der Waals surface area contributed by atoms with E-state index in [1.54, 1.807) is 0 Å². The third-order valence-electron chi connectivity index (χ3n) is 3.04. The molecule has 0 saturated carbocycles. The number of rotatable bonds is 3. The highest BCUT2D eigenvalue weighted by atomic mass is 16.6. The van der Waals surface area contributed by atoms with Gasteiger partial charge in [-0.3, -0.25) is 5.32 Å². The number of carbonyl (C=O) groups excluding carboxylic acids is 1. The summed E-state index contributed by atoms with van der Waals surface area (Å²) in [6.45, 7) is 5.51. The van der Waals surface area contributed by atoms with Gasteiger partial charge in [-0.05, 0) is 57.2 Å². The van der Waals surface area contributed by atoms with Crippen molar-refractivity contribution in [2.75, 3.05) is 17.3 Å². The molecule has 0 bridgehead atoms. The fraction of sp³-hybridized carbons (Fsp3) is 0.278. The molecule has 0 atom stereocenters. The van der Waals surface area contributed by atoms with Gasteiger partial charge in [-0.25, -0.2) is 4.79 Å². The lowest BCUT2D eigenvalue weighted by atomic mass is 10.2. The summed E-state index contributed by atoms with van der Waals surface area (Å²) in [6, 6.07) is 17.7. The summed E-state index contributed by atoms with van der Waals surface area (Å²) in [5.41, 5.74) is 2.35. The Morgan fingerprint density at radius 2 is 1.50 bits per heavy atom. The van der Waals surface area contributed by atoms with E-state index in [9.17, 15) is 4.79 Å². The van der Waals surface area contributed by atoms with Crippen LogP contribution in [0.15, 0.2) is 54.6 Å². The van der Waals surface area contributed by atoms with E-state index < -0.39 is 11.7 Å². The molecule has 0 heterocycles. The maximum absolute atomic E-state index is 11.7. The molecule has 4 nitrogen and oxygen atoms in total. The van der Waals surface area contributed by atoms with Crippen molar-refractivity contribution >= 4 is 23.2 Å². The molecule has 116 valence electrons. The van der Waals surface area contributed by atoms with E-state index in [-0.39, 0.29) is 0 Å². The van der Waals surface area contributed by atoms with Gasteiger partial charge in [0.1, 0.15) is 5.60 Å². The van der Waals surface area contributed by atoms with Crippen LogP contribution in [0.4, 0.5) is 21.9 Å². The molecule has 0 spiro atoms. The number of ether oxygens (including phenoxy) is 1. The number of nitrogens with zero attached hydrogens (tertiary/aromatic N) is 1. The predicted octanol–water partition coefficient (Wildman–Crippen LogP) is 4.80. The van der Waals surface area contributed by atoms with Crippen molar-refractivity contribution in [2.45, 2.75) is 26.4 Å². The van der Waals surface area contributed by atoms with Crippen LogP contribution in [0.25, 0.3) is 0 Å². The molecular weight excluding hydrogens is 276 g/mol. The van der Waals surface area contributed by atoms with Crippen LogP contribution in [0, 0.1) is 0 Å². The van der Waals surface area contributed by atoms with Gasteiger partial charge in [-0.1, -0.05) is 18.2 Å². The third kappa shape index (κ3) is 4.52. The summed E-state index contributed by atoms with van der Waals surface area (Å²) in [7, 11) is 2.01. The third-order valence-corrected chi connectivity index (χ3v) is 3.04. The summed E-state index contributed by atoms with van der Waals surface area (Å²) < 4.78 is 5.23. The van der Waals surface area contributed by atoms with Crippen LogP contribution in [-0.2, 0) is 4.74 Å². The first-order chi connectivity index (χ1) is 10.3. The molecule has 1 N–H and O–H groups in total. The Morgan fingerprint density at radius 1 is 0.955 bits per heavy atom. The second kappa shape index (κ2) is 6.52. The SMILES string of the molecule is CN(c1ccccc1)c1ccc(NC(=O)OC(C)(C)C)cc1. The van der Waals surface area contributed by atoms with E-state index in [2.05, 4.69) is 10.2 Å². The first-order valence-corrected chi connectivity index (χ1v) is 7.24. The van der Waals surface area contributed by atoms with Gasteiger partial charge < -0.3 is 9.64 Å². The number of anilines is 3. The van der Waals surface area contributed by atoms with Crippen molar-refractivity contribution in [1.82, 2.24) is 0 Å². The van der Waals surface area contributed by atoms with Gasteiger partial charge in [-0.2, -0.15) is 0 Å². The van der Waals surface area contributed by atoms with Gasteiger partial charge in [0.05, 0.1) is 0 Å². The van der Waals surface area contributed by atoms with Gasteiger partial charge in [0.2, 0.25) is 0 Å². The fourth-order valence-electron chi connectivity index (χ4n) is 1.99. The standard InChI is InChI=1S/C18H22N2O2/c1-18(2,3)22-17(21)19-14-10-12-16(13-11-14)20(4)15-8-6-5-7-9-15/h5-13H,1-4H3,(H,19,21). The van der Waals surface area contributed by atoms with Crippen LogP contribution in [0.3, 0.4) is 0 Å². The van der Waals surface area contributed by atoms with Gasteiger partial charge >= 0.3 is 6.09 Å². The Labute approximate surface area is 131 Å². The van der Waals surface area contributed by atoms with Gasteiger partial charge in [-0.15, -0.1) is 0 Å². The number of hydrogen-bond donors (Lipinski definition) is 1. The van der Waals surface area contributed by atoms with Crippen molar-refractivity contribution in [3.63, 3.8) is 0 Å². The summed E-state index contributed by atoms with van der Waals surface area (Å²) in [6.07, 6.45) is -0.448. The quantitative estimate of drug-likeness (QED) is 0.884. The molecule has 2 rings (SSSR count). The zero-order valence-corrected chi connectivity index (χ0v) is 13.5. The molecule has 0 aliphatic rings. The zero-order valence-electron chi connectivity index (χ0n) is 13.5. The van der Waals surface area contributed by atoms with Crippen molar-refractivity contribution in [3.05, 3.63) is 54.6 Å². The van der Waals surface area contributed by atoms with E-state index in [0.717, 1.165) is 11.4 Å². The predicted molar refractivity (Wildman–Crippen MR) is 90.8 cm³/mol. The number of nitrogens with one attached hydrogen (secondary N) is 1. The normalized spacial score (nSPS) is 10.9. The first kappa shape index (κ1) is 15.9. The molecule has 0 aliphatic carbocycles. The van der Waals surface area contributed by atoms with Crippen molar-refractivity contribution in [3.8, 4) is 0 Å². The summed E-state index contributed by atoms with van der Waals surface area (Å²) in [4.78, 5) is 13.8. The van der Waals surface area contributed by atoms with Gasteiger partial charge in [0.15, 0.2) is 0 Å². The molecule has 4 heteroatoms. The minimum atomic E-state index is -0.502. The van der Waals surface area contributed by atoms with Crippen LogP contribution in [0.2, 0.25) is 0 Å². The Hall–Kier alpha value is -2.49. The maximum atomic E-state index is 11.7. The van der Waals surface area contributed by atoms with Crippen LogP contribution >= 0.6 is 0 Å². The average Bonchev–Trinajstić information content (AvgIpc) is 2.46. The zero-order chi connectivity index (χ0) is 16.2. The molecule has 22 heavy (non-hydrogen) atoms. The van der Waals surface area contributed by atoms with Crippen molar-refractivity contribution in [2.24, 2.45) is 0 Å². The summed E-state index contributed by atoms with van der Waals surface area (Å²) in [5.74, 6) is 0. The molecule has 2 aromatic carbocycles. The molecule has 0 fully saturated rings. The van der Waals surface area contributed by atoms with Crippen LogP contribution in [0.1, 0.15) is 20.8 Å². The molecule has 0 saturated heterocycles. The lowest BCUT2D eigenvalue weighted by Gasteiger charge is -2.21. The molecule has 1 amide bonds. The summed E-state index contributed by atoms with van der Waals surface area (Å²) >= 11 is 0.